The summed E-state index contributed by atoms with van der Waals surface area (Å²) >= 11 is 3.34. The van der Waals surface area contributed by atoms with E-state index in [9.17, 15) is 0 Å². The molecule has 10 aromatic rings. The Hall–Kier alpha value is -7.14. The molecule has 0 amide bonds. The average molecular weight is 759 g/mol. The lowest BCUT2D eigenvalue weighted by molar-refractivity contribution is 1.17. The van der Waals surface area contributed by atoms with E-state index >= 15 is 0 Å². The first-order valence-electron chi connectivity index (χ1n) is 18.0. The summed E-state index contributed by atoms with van der Waals surface area (Å²) in [7, 11) is 0. The zero-order valence-electron chi connectivity index (χ0n) is 29.7. The highest BCUT2D eigenvalue weighted by Crippen LogP contribution is 2.42. The highest BCUT2D eigenvalue weighted by molar-refractivity contribution is 7.22. The second-order valence-corrected chi connectivity index (χ2v) is 14.9. The quantitative estimate of drug-likeness (QED) is 0.144. The summed E-state index contributed by atoms with van der Waals surface area (Å²) in [6.45, 7) is 0. The second kappa shape index (κ2) is 14.6. The van der Waals surface area contributed by atoms with Gasteiger partial charge in [-0.25, -0.2) is 29.9 Å². The van der Waals surface area contributed by atoms with Gasteiger partial charge in [-0.1, -0.05) is 71.2 Å². The number of thiazole rings is 2. The molecular weight excluding hydrogens is 729 g/mol. The minimum Gasteiger partial charge on any atom is -0.286 e. The Kier molecular flexibility index (Phi) is 8.71. The van der Waals surface area contributed by atoms with Gasteiger partial charge in [-0.3, -0.25) is 9.80 Å². The SMILES string of the molecule is c1cnc(-c2ccc(N(c3ccc(-c4ccc(N(c5ccc(-c6ncccn6)cc5)c5nc6ccccc6s5)cc4)cc3)c3nc4ccccc4s3)cc2)nc1. The van der Waals surface area contributed by atoms with Crippen molar-refractivity contribution in [3.8, 4) is 33.9 Å². The van der Waals surface area contributed by atoms with E-state index in [4.69, 9.17) is 9.97 Å². The molecule has 0 aliphatic heterocycles. The van der Waals surface area contributed by atoms with E-state index in [1.54, 1.807) is 47.5 Å². The molecule has 0 radical (unpaired) electrons. The standard InChI is InChI=1S/C46H30N8S2/c1-3-9-41-39(7-1)51-45(55-41)53(37-23-15-33(16-24-37)43-47-27-5-28-48-43)35-19-11-31(12-20-35)32-13-21-36(22-14-32)54(46-52-40-8-2-4-10-42(40)56-46)38-25-17-34(18-26-38)44-49-29-6-30-50-44/h1-30H. The van der Waals surface area contributed by atoms with Crippen LogP contribution in [0.5, 0.6) is 0 Å². The van der Waals surface area contributed by atoms with Crippen LogP contribution in [0.4, 0.5) is 33.0 Å². The van der Waals surface area contributed by atoms with Crippen LogP contribution in [0.15, 0.2) is 183 Å². The Bertz CT molecular complexity index is 2630. The Morgan fingerprint density at radius 2 is 0.643 bits per heavy atom. The first kappa shape index (κ1) is 33.4. The second-order valence-electron chi connectivity index (χ2n) is 12.9. The molecule has 0 aliphatic carbocycles. The highest BCUT2D eigenvalue weighted by atomic mass is 32.1. The molecule has 0 saturated heterocycles. The lowest BCUT2D eigenvalue weighted by atomic mass is 10.0. The van der Waals surface area contributed by atoms with Gasteiger partial charge < -0.3 is 0 Å². The van der Waals surface area contributed by atoms with Gasteiger partial charge in [0, 0.05) is 58.7 Å². The third kappa shape index (κ3) is 6.53. The molecule has 0 bridgehead atoms. The fourth-order valence-electron chi connectivity index (χ4n) is 6.67. The van der Waals surface area contributed by atoms with Gasteiger partial charge in [0.05, 0.1) is 20.4 Å². The summed E-state index contributed by atoms with van der Waals surface area (Å²) in [6, 6.07) is 54.1. The molecule has 4 aromatic heterocycles. The summed E-state index contributed by atoms with van der Waals surface area (Å²) < 4.78 is 2.28. The van der Waals surface area contributed by atoms with Crippen LogP contribution in [0.2, 0.25) is 0 Å². The highest BCUT2D eigenvalue weighted by Gasteiger charge is 2.20. The summed E-state index contributed by atoms with van der Waals surface area (Å²) in [5.41, 5.74) is 10.1. The largest absolute Gasteiger partial charge is 0.286 e. The normalized spacial score (nSPS) is 11.2. The molecule has 8 nitrogen and oxygen atoms in total. The van der Waals surface area contributed by atoms with Crippen molar-refractivity contribution in [1.82, 2.24) is 29.9 Å². The number of benzene rings is 6. The zero-order valence-corrected chi connectivity index (χ0v) is 31.3. The topological polar surface area (TPSA) is 83.8 Å². The van der Waals surface area contributed by atoms with Crippen molar-refractivity contribution in [1.29, 1.82) is 0 Å². The Labute approximate surface area is 330 Å². The maximum absolute atomic E-state index is 5.04. The monoisotopic (exact) mass is 758 g/mol. The van der Waals surface area contributed by atoms with Gasteiger partial charge in [-0.05, 0) is 120 Å². The number of nitrogens with zero attached hydrogens (tertiary/aromatic N) is 8. The van der Waals surface area contributed by atoms with Crippen LogP contribution >= 0.6 is 22.7 Å². The van der Waals surface area contributed by atoms with E-state index in [1.165, 1.54) is 0 Å². The van der Waals surface area contributed by atoms with Crippen molar-refractivity contribution >= 4 is 76.1 Å². The molecule has 56 heavy (non-hydrogen) atoms. The number of para-hydroxylation sites is 2. The number of fused-ring (bicyclic) bond motifs is 2. The first-order valence-corrected chi connectivity index (χ1v) is 19.6. The molecule has 4 heterocycles. The fraction of sp³-hybridized carbons (Fsp3) is 0. The van der Waals surface area contributed by atoms with Gasteiger partial charge in [0.15, 0.2) is 21.9 Å². The smallest absolute Gasteiger partial charge is 0.195 e. The van der Waals surface area contributed by atoms with E-state index in [0.29, 0.717) is 11.6 Å². The molecule has 0 aliphatic rings. The van der Waals surface area contributed by atoms with Crippen molar-refractivity contribution in [2.24, 2.45) is 0 Å². The predicted octanol–water partition coefficient (Wildman–Crippen LogP) is 12.4. The van der Waals surface area contributed by atoms with Crippen LogP contribution in [0.3, 0.4) is 0 Å². The molecule has 0 unspecified atom stereocenters. The minimum absolute atomic E-state index is 0.695. The Morgan fingerprint density at radius 3 is 0.982 bits per heavy atom. The van der Waals surface area contributed by atoms with E-state index < -0.39 is 0 Å². The Balaban J connectivity index is 0.976. The molecule has 6 aromatic carbocycles. The van der Waals surface area contributed by atoms with Crippen molar-refractivity contribution in [2.45, 2.75) is 0 Å². The molecular formula is C46H30N8S2. The Morgan fingerprint density at radius 1 is 0.321 bits per heavy atom. The third-order valence-electron chi connectivity index (χ3n) is 9.43. The first-order chi connectivity index (χ1) is 27.7. The van der Waals surface area contributed by atoms with Crippen LogP contribution in [0.25, 0.3) is 54.3 Å². The molecule has 10 heteroatoms. The molecule has 0 N–H and O–H groups in total. The van der Waals surface area contributed by atoms with Crippen LogP contribution < -0.4 is 9.80 Å². The zero-order chi connectivity index (χ0) is 37.3. The third-order valence-corrected chi connectivity index (χ3v) is 11.5. The molecule has 10 rings (SSSR count). The summed E-state index contributed by atoms with van der Waals surface area (Å²) in [5, 5.41) is 1.79. The minimum atomic E-state index is 0.695. The predicted molar refractivity (Wildman–Crippen MR) is 230 cm³/mol. The molecule has 0 spiro atoms. The molecule has 0 atom stereocenters. The van der Waals surface area contributed by atoms with Crippen molar-refractivity contribution in [2.75, 3.05) is 9.80 Å². The summed E-state index contributed by atoms with van der Waals surface area (Å²) in [6.07, 6.45) is 7.05. The van der Waals surface area contributed by atoms with Crippen LogP contribution in [0.1, 0.15) is 0 Å². The van der Waals surface area contributed by atoms with Gasteiger partial charge in [-0.15, -0.1) is 0 Å². The molecule has 0 fully saturated rings. The van der Waals surface area contributed by atoms with E-state index in [-0.39, 0.29) is 0 Å². The lowest BCUT2D eigenvalue weighted by Crippen LogP contribution is -2.10. The van der Waals surface area contributed by atoms with Crippen molar-refractivity contribution in [3.63, 3.8) is 0 Å². The van der Waals surface area contributed by atoms with Gasteiger partial charge in [0.25, 0.3) is 0 Å². The van der Waals surface area contributed by atoms with Gasteiger partial charge >= 0.3 is 0 Å². The number of rotatable bonds is 9. The number of aromatic nitrogens is 6. The van der Waals surface area contributed by atoms with Crippen molar-refractivity contribution in [3.05, 3.63) is 183 Å². The van der Waals surface area contributed by atoms with Gasteiger partial charge in [0.2, 0.25) is 0 Å². The van der Waals surface area contributed by atoms with Crippen LogP contribution in [0, 0.1) is 0 Å². The number of anilines is 6. The molecule has 0 saturated carbocycles. The van der Waals surface area contributed by atoms with Gasteiger partial charge in [-0.2, -0.15) is 0 Å². The van der Waals surface area contributed by atoms with E-state index in [1.807, 2.05) is 24.3 Å². The fourth-order valence-corrected chi connectivity index (χ4v) is 8.69. The van der Waals surface area contributed by atoms with E-state index in [0.717, 1.165) is 75.7 Å². The van der Waals surface area contributed by atoms with Crippen LogP contribution in [-0.4, -0.2) is 29.9 Å². The van der Waals surface area contributed by atoms with Crippen molar-refractivity contribution < 1.29 is 0 Å². The number of hydrogen-bond donors (Lipinski definition) is 0. The summed E-state index contributed by atoms with van der Waals surface area (Å²) in [4.78, 5) is 32.2. The number of hydrogen-bond acceptors (Lipinski definition) is 10. The lowest BCUT2D eigenvalue weighted by Gasteiger charge is -2.23. The van der Waals surface area contributed by atoms with Gasteiger partial charge in [0.1, 0.15) is 0 Å². The van der Waals surface area contributed by atoms with Crippen LogP contribution in [-0.2, 0) is 0 Å². The molecule has 266 valence electrons. The maximum Gasteiger partial charge on any atom is 0.195 e. The summed E-state index contributed by atoms with van der Waals surface area (Å²) in [5.74, 6) is 1.39. The average Bonchev–Trinajstić information content (AvgIpc) is 3.90. The maximum atomic E-state index is 5.04. The van der Waals surface area contributed by atoms with E-state index in [2.05, 4.69) is 163 Å².